The third-order valence-electron chi connectivity index (χ3n) is 5.25. The molecule has 1 fully saturated rings. The maximum Gasteiger partial charge on any atom is 0.303 e. The summed E-state index contributed by atoms with van der Waals surface area (Å²) in [6.45, 7) is 2.26. The van der Waals surface area contributed by atoms with Crippen molar-refractivity contribution >= 4 is 5.97 Å². The summed E-state index contributed by atoms with van der Waals surface area (Å²) in [6.07, 6.45) is 27.3. The summed E-state index contributed by atoms with van der Waals surface area (Å²) in [5.74, 6) is 1.24. The number of allylic oxidation sites excluding steroid dienone is 4. The van der Waals surface area contributed by atoms with Crippen molar-refractivity contribution in [2.45, 2.75) is 103 Å². The monoisotopic (exact) mass is 348 g/mol. The summed E-state index contributed by atoms with van der Waals surface area (Å²) in [5, 5.41) is 8.59. The van der Waals surface area contributed by atoms with Crippen molar-refractivity contribution in [2.24, 2.45) is 11.8 Å². The smallest absolute Gasteiger partial charge is 0.303 e. The Morgan fingerprint density at radius 1 is 0.920 bits per heavy atom. The molecule has 0 aromatic carbocycles. The Balaban J connectivity index is 2.00. The topological polar surface area (TPSA) is 37.3 Å². The minimum absolute atomic E-state index is 0.325. The van der Waals surface area contributed by atoms with Crippen molar-refractivity contribution in [3.63, 3.8) is 0 Å². The Morgan fingerprint density at radius 2 is 1.56 bits per heavy atom. The standard InChI is InChI=1S/C23H40O2/c1-2-3-4-5-10-13-16-21(22-19-20-22)17-14-11-8-6-7-9-12-15-18-23(24)25/h8,10-11,13,21-22H,2-7,9,12,14-20H2,1H3,(H,24,25)/b11-8-,13-10-/t21-/m1/s1. The van der Waals surface area contributed by atoms with Gasteiger partial charge in [-0.3, -0.25) is 4.79 Å². The average molecular weight is 349 g/mol. The van der Waals surface area contributed by atoms with E-state index >= 15 is 0 Å². The fourth-order valence-electron chi connectivity index (χ4n) is 3.45. The van der Waals surface area contributed by atoms with E-state index < -0.39 is 5.97 Å². The van der Waals surface area contributed by atoms with Crippen LogP contribution < -0.4 is 0 Å². The molecule has 1 aliphatic rings. The highest BCUT2D eigenvalue weighted by Gasteiger charge is 2.29. The van der Waals surface area contributed by atoms with Crippen molar-refractivity contribution in [1.29, 1.82) is 0 Å². The first-order valence-corrected chi connectivity index (χ1v) is 10.8. The van der Waals surface area contributed by atoms with E-state index in [-0.39, 0.29) is 0 Å². The van der Waals surface area contributed by atoms with Crippen LogP contribution in [0.1, 0.15) is 103 Å². The van der Waals surface area contributed by atoms with Gasteiger partial charge in [-0.25, -0.2) is 0 Å². The fraction of sp³-hybridized carbons (Fsp3) is 0.783. The third kappa shape index (κ3) is 13.9. The molecule has 0 radical (unpaired) electrons. The van der Waals surface area contributed by atoms with Crippen molar-refractivity contribution in [3.8, 4) is 0 Å². The molecule has 0 spiro atoms. The van der Waals surface area contributed by atoms with Crippen LogP contribution in [0.2, 0.25) is 0 Å². The van der Waals surface area contributed by atoms with Gasteiger partial charge in [0.2, 0.25) is 0 Å². The molecule has 2 nitrogen and oxygen atoms in total. The van der Waals surface area contributed by atoms with Crippen LogP contribution in [0.25, 0.3) is 0 Å². The molecule has 1 aliphatic carbocycles. The number of unbranched alkanes of at least 4 members (excludes halogenated alkanes) is 7. The highest BCUT2D eigenvalue weighted by atomic mass is 16.4. The zero-order chi connectivity index (χ0) is 18.2. The summed E-state index contributed by atoms with van der Waals surface area (Å²) in [4.78, 5) is 10.4. The Kier molecular flexibility index (Phi) is 13.4. The van der Waals surface area contributed by atoms with Gasteiger partial charge < -0.3 is 5.11 Å². The van der Waals surface area contributed by atoms with Crippen LogP contribution in [0.4, 0.5) is 0 Å². The molecule has 1 atom stereocenters. The van der Waals surface area contributed by atoms with E-state index in [1.807, 2.05) is 0 Å². The summed E-state index contributed by atoms with van der Waals surface area (Å²) in [5.41, 5.74) is 0. The van der Waals surface area contributed by atoms with E-state index in [1.54, 1.807) is 0 Å². The molecule has 144 valence electrons. The largest absolute Gasteiger partial charge is 0.481 e. The van der Waals surface area contributed by atoms with Crippen LogP contribution >= 0.6 is 0 Å². The predicted octanol–water partition coefficient (Wildman–Crippen LogP) is 7.30. The second-order valence-corrected chi connectivity index (χ2v) is 7.70. The molecule has 0 bridgehead atoms. The summed E-state index contributed by atoms with van der Waals surface area (Å²) in [6, 6.07) is 0. The maximum absolute atomic E-state index is 10.4. The van der Waals surface area contributed by atoms with E-state index in [4.69, 9.17) is 5.11 Å². The molecule has 1 N–H and O–H groups in total. The quantitative estimate of drug-likeness (QED) is 0.221. The fourth-order valence-corrected chi connectivity index (χ4v) is 3.45. The molecule has 1 saturated carbocycles. The van der Waals surface area contributed by atoms with Gasteiger partial charge in [0.15, 0.2) is 0 Å². The molecule has 1 rings (SSSR count). The molecule has 0 aromatic heterocycles. The molecule has 0 heterocycles. The van der Waals surface area contributed by atoms with Gasteiger partial charge in [-0.2, -0.15) is 0 Å². The van der Waals surface area contributed by atoms with Crippen LogP contribution in [-0.4, -0.2) is 11.1 Å². The molecular weight excluding hydrogens is 308 g/mol. The number of hydrogen-bond donors (Lipinski definition) is 1. The first-order valence-electron chi connectivity index (χ1n) is 10.8. The minimum atomic E-state index is -0.666. The molecule has 0 unspecified atom stereocenters. The Hall–Kier alpha value is -1.05. The second-order valence-electron chi connectivity index (χ2n) is 7.70. The molecule has 25 heavy (non-hydrogen) atoms. The number of rotatable bonds is 17. The van der Waals surface area contributed by atoms with Gasteiger partial charge in [-0.05, 0) is 76.0 Å². The SMILES string of the molecule is CCCCC/C=C\C[C@H](CC/C=C\CCCCCCC(=O)O)C1CC1. The molecule has 0 saturated heterocycles. The summed E-state index contributed by atoms with van der Waals surface area (Å²) in [7, 11) is 0. The molecular formula is C23H40O2. The van der Waals surface area contributed by atoms with Crippen molar-refractivity contribution in [1.82, 2.24) is 0 Å². The second kappa shape index (κ2) is 15.2. The first kappa shape index (κ1) is 22.0. The molecule has 2 heteroatoms. The zero-order valence-electron chi connectivity index (χ0n) is 16.4. The lowest BCUT2D eigenvalue weighted by atomic mass is 9.93. The predicted molar refractivity (Wildman–Crippen MR) is 108 cm³/mol. The van der Waals surface area contributed by atoms with Gasteiger partial charge in [-0.15, -0.1) is 0 Å². The maximum atomic E-state index is 10.4. The van der Waals surface area contributed by atoms with Crippen molar-refractivity contribution < 1.29 is 9.90 Å². The van der Waals surface area contributed by atoms with Gasteiger partial charge in [-0.1, -0.05) is 56.9 Å². The number of carbonyl (C=O) groups is 1. The Bertz CT molecular complexity index is 380. The van der Waals surface area contributed by atoms with Crippen LogP contribution in [-0.2, 0) is 4.79 Å². The third-order valence-corrected chi connectivity index (χ3v) is 5.25. The highest BCUT2D eigenvalue weighted by Crippen LogP contribution is 2.41. The van der Waals surface area contributed by atoms with Gasteiger partial charge in [0.1, 0.15) is 0 Å². The molecule has 0 aliphatic heterocycles. The number of carboxylic acids is 1. The lowest BCUT2D eigenvalue weighted by molar-refractivity contribution is -0.137. The van der Waals surface area contributed by atoms with E-state index in [0.717, 1.165) is 37.5 Å². The van der Waals surface area contributed by atoms with Gasteiger partial charge in [0.05, 0.1) is 0 Å². The highest BCUT2D eigenvalue weighted by molar-refractivity contribution is 5.66. The number of carboxylic acid groups (broad SMARTS) is 1. The van der Waals surface area contributed by atoms with Crippen LogP contribution in [0, 0.1) is 11.8 Å². The number of aliphatic carboxylic acids is 1. The minimum Gasteiger partial charge on any atom is -0.481 e. The average Bonchev–Trinajstić information content (AvgIpc) is 3.42. The van der Waals surface area contributed by atoms with E-state index in [2.05, 4.69) is 31.2 Å². The summed E-state index contributed by atoms with van der Waals surface area (Å²) >= 11 is 0. The van der Waals surface area contributed by atoms with E-state index in [9.17, 15) is 4.79 Å². The molecule has 0 amide bonds. The first-order chi connectivity index (χ1) is 12.2. The normalized spacial score (nSPS) is 16.0. The van der Waals surface area contributed by atoms with Crippen LogP contribution in [0.3, 0.4) is 0 Å². The van der Waals surface area contributed by atoms with Crippen LogP contribution in [0.15, 0.2) is 24.3 Å². The van der Waals surface area contributed by atoms with E-state index in [1.165, 1.54) is 64.2 Å². The zero-order valence-corrected chi connectivity index (χ0v) is 16.4. The van der Waals surface area contributed by atoms with E-state index in [0.29, 0.717) is 6.42 Å². The van der Waals surface area contributed by atoms with Crippen LogP contribution in [0.5, 0.6) is 0 Å². The van der Waals surface area contributed by atoms with Gasteiger partial charge >= 0.3 is 5.97 Å². The number of hydrogen-bond acceptors (Lipinski definition) is 1. The Morgan fingerprint density at radius 3 is 2.24 bits per heavy atom. The lowest BCUT2D eigenvalue weighted by Gasteiger charge is -2.12. The van der Waals surface area contributed by atoms with Crippen molar-refractivity contribution in [2.75, 3.05) is 0 Å². The van der Waals surface area contributed by atoms with Gasteiger partial charge in [0, 0.05) is 6.42 Å². The lowest BCUT2D eigenvalue weighted by Crippen LogP contribution is -2.01. The van der Waals surface area contributed by atoms with Gasteiger partial charge in [0.25, 0.3) is 0 Å². The summed E-state index contributed by atoms with van der Waals surface area (Å²) < 4.78 is 0. The van der Waals surface area contributed by atoms with Crippen molar-refractivity contribution in [3.05, 3.63) is 24.3 Å². The molecule has 0 aromatic rings. The Labute approximate surface area is 155 Å².